The molecule has 0 bridgehead atoms. The van der Waals surface area contributed by atoms with Gasteiger partial charge in [0.2, 0.25) is 0 Å². The van der Waals surface area contributed by atoms with E-state index in [0.717, 1.165) is 18.5 Å². The van der Waals surface area contributed by atoms with Crippen LogP contribution in [0.25, 0.3) is 0 Å². The topological polar surface area (TPSA) is 40.6 Å². The van der Waals surface area contributed by atoms with Gasteiger partial charge in [0.05, 0.1) is 11.4 Å². The van der Waals surface area contributed by atoms with Gasteiger partial charge in [-0.1, -0.05) is 0 Å². The summed E-state index contributed by atoms with van der Waals surface area (Å²) in [6, 6.07) is 15.3. The molecule has 2 fully saturated rings. The monoisotopic (exact) mass is 530 g/mol. The van der Waals surface area contributed by atoms with E-state index in [1.54, 1.807) is 0 Å². The summed E-state index contributed by atoms with van der Waals surface area (Å²) in [7, 11) is 0. The molecule has 6 heteroatoms. The number of amides is 2. The van der Waals surface area contributed by atoms with E-state index in [1.807, 2.05) is 48.5 Å². The Labute approximate surface area is 161 Å². The Morgan fingerprint density at radius 3 is 1.35 bits per heavy atom. The lowest BCUT2D eigenvalue weighted by molar-refractivity contribution is -0.128. The summed E-state index contributed by atoms with van der Waals surface area (Å²) in [5.41, 5.74) is 0.628. The molecule has 2 amide bonds. The van der Waals surface area contributed by atoms with Crippen LogP contribution in [0.3, 0.4) is 0 Å². The van der Waals surface area contributed by atoms with Crippen LogP contribution in [0.1, 0.15) is 12.8 Å². The standard InChI is InChI=1S/C17H12I2N2O2/c18-11-1-5-13(6-2-11)20-15(22)17(9-10-17)16(23)21(20)14-7-3-12(19)4-8-14/h1-8H,9-10H2. The van der Waals surface area contributed by atoms with Crippen molar-refractivity contribution in [2.75, 3.05) is 10.0 Å². The first kappa shape index (κ1) is 15.4. The van der Waals surface area contributed by atoms with Gasteiger partial charge in [0.1, 0.15) is 5.41 Å². The molecule has 4 rings (SSSR count). The van der Waals surface area contributed by atoms with Crippen molar-refractivity contribution < 1.29 is 9.59 Å². The Morgan fingerprint density at radius 2 is 1.04 bits per heavy atom. The number of hydrogen-bond acceptors (Lipinski definition) is 2. The lowest BCUT2D eigenvalue weighted by atomic mass is 10.1. The van der Waals surface area contributed by atoms with Crippen molar-refractivity contribution in [3.05, 3.63) is 55.7 Å². The van der Waals surface area contributed by atoms with E-state index in [-0.39, 0.29) is 11.8 Å². The minimum atomic E-state index is -0.827. The highest BCUT2D eigenvalue weighted by Crippen LogP contribution is 2.54. The maximum absolute atomic E-state index is 12.9. The number of anilines is 2. The number of benzene rings is 2. The molecule has 0 atom stereocenters. The predicted octanol–water partition coefficient (Wildman–Crippen LogP) is 3.97. The maximum atomic E-state index is 12.9. The Hall–Kier alpha value is -1.16. The Bertz CT molecular complexity index is 733. The Balaban J connectivity index is 1.83. The summed E-state index contributed by atoms with van der Waals surface area (Å²) in [5.74, 6) is -0.218. The van der Waals surface area contributed by atoms with Gasteiger partial charge < -0.3 is 0 Å². The SMILES string of the molecule is O=C1N(c2ccc(I)cc2)N(c2ccc(I)cc2)C(=O)C12CC2. The zero-order valence-corrected chi connectivity index (χ0v) is 16.3. The summed E-state index contributed by atoms with van der Waals surface area (Å²) in [4.78, 5) is 25.8. The van der Waals surface area contributed by atoms with Gasteiger partial charge in [-0.3, -0.25) is 9.59 Å². The summed E-state index contributed by atoms with van der Waals surface area (Å²) in [5, 5.41) is 3.07. The van der Waals surface area contributed by atoms with E-state index in [4.69, 9.17) is 0 Å². The van der Waals surface area contributed by atoms with E-state index < -0.39 is 5.41 Å². The molecule has 1 spiro atoms. The second-order valence-electron chi connectivity index (χ2n) is 5.77. The highest BCUT2D eigenvalue weighted by Gasteiger charge is 2.66. The second-order valence-corrected chi connectivity index (χ2v) is 8.26. The molecule has 116 valence electrons. The molecule has 1 aliphatic carbocycles. The number of hydrogen-bond donors (Lipinski definition) is 0. The normalized spacial score (nSPS) is 18.9. The number of halogens is 2. The molecule has 4 nitrogen and oxygen atoms in total. The van der Waals surface area contributed by atoms with Gasteiger partial charge in [-0.25, -0.2) is 10.0 Å². The summed E-state index contributed by atoms with van der Waals surface area (Å²) < 4.78 is 2.18. The first-order chi connectivity index (χ1) is 11.0. The van der Waals surface area contributed by atoms with Gasteiger partial charge in [0.15, 0.2) is 0 Å². The Morgan fingerprint density at radius 1 is 0.696 bits per heavy atom. The third kappa shape index (κ3) is 2.37. The lowest BCUT2D eigenvalue weighted by Gasteiger charge is -2.27. The van der Waals surface area contributed by atoms with Crippen LogP contribution in [0.15, 0.2) is 48.5 Å². The molecule has 0 radical (unpaired) electrons. The van der Waals surface area contributed by atoms with Crippen molar-refractivity contribution in [1.29, 1.82) is 0 Å². The highest BCUT2D eigenvalue weighted by atomic mass is 127. The van der Waals surface area contributed by atoms with Crippen molar-refractivity contribution in [1.82, 2.24) is 0 Å². The number of carbonyl (C=O) groups is 2. The van der Waals surface area contributed by atoms with Crippen LogP contribution >= 0.6 is 45.2 Å². The van der Waals surface area contributed by atoms with Crippen LogP contribution in [-0.4, -0.2) is 11.8 Å². The van der Waals surface area contributed by atoms with E-state index in [1.165, 1.54) is 10.0 Å². The molecule has 2 aliphatic rings. The second kappa shape index (κ2) is 5.44. The fourth-order valence-electron chi connectivity index (χ4n) is 2.86. The molecule has 2 aromatic rings. The van der Waals surface area contributed by atoms with Crippen molar-refractivity contribution in [3.63, 3.8) is 0 Å². The van der Waals surface area contributed by atoms with Crippen molar-refractivity contribution in [2.45, 2.75) is 12.8 Å². The lowest BCUT2D eigenvalue weighted by Crippen LogP contribution is -2.41. The zero-order valence-electron chi connectivity index (χ0n) is 12.0. The van der Waals surface area contributed by atoms with Gasteiger partial charge in [0, 0.05) is 7.14 Å². The number of hydrazine groups is 1. The molecule has 1 aliphatic heterocycles. The molecular weight excluding hydrogens is 518 g/mol. The van der Waals surface area contributed by atoms with Crippen LogP contribution in [0.5, 0.6) is 0 Å². The van der Waals surface area contributed by atoms with Gasteiger partial charge >= 0.3 is 0 Å². The van der Waals surface area contributed by atoms with Crippen LogP contribution in [-0.2, 0) is 9.59 Å². The average molecular weight is 530 g/mol. The first-order valence-corrected chi connectivity index (χ1v) is 9.39. The smallest absolute Gasteiger partial charge is 0.261 e. The minimum Gasteiger partial charge on any atom is -0.271 e. The van der Waals surface area contributed by atoms with Crippen LogP contribution < -0.4 is 10.0 Å². The number of nitrogens with zero attached hydrogens (tertiary/aromatic N) is 2. The maximum Gasteiger partial charge on any atom is 0.261 e. The number of rotatable bonds is 2. The van der Waals surface area contributed by atoms with E-state index in [9.17, 15) is 9.59 Å². The highest BCUT2D eigenvalue weighted by molar-refractivity contribution is 14.1. The predicted molar refractivity (Wildman–Crippen MR) is 105 cm³/mol. The molecule has 1 heterocycles. The molecule has 0 unspecified atom stereocenters. The molecule has 1 saturated carbocycles. The van der Waals surface area contributed by atoms with Crippen molar-refractivity contribution in [2.24, 2.45) is 5.41 Å². The first-order valence-electron chi connectivity index (χ1n) is 7.23. The molecule has 0 aromatic heterocycles. The molecule has 2 aromatic carbocycles. The fraction of sp³-hybridized carbons (Fsp3) is 0.176. The van der Waals surface area contributed by atoms with Gasteiger partial charge in [-0.2, -0.15) is 0 Å². The van der Waals surface area contributed by atoms with Crippen molar-refractivity contribution >= 4 is 68.4 Å². The third-order valence-corrected chi connectivity index (χ3v) is 5.73. The van der Waals surface area contributed by atoms with Crippen LogP contribution in [0.4, 0.5) is 11.4 Å². The van der Waals surface area contributed by atoms with E-state index >= 15 is 0 Å². The molecule has 23 heavy (non-hydrogen) atoms. The zero-order chi connectivity index (χ0) is 16.2. The molecule has 1 saturated heterocycles. The fourth-order valence-corrected chi connectivity index (χ4v) is 3.58. The molecular formula is C17H12I2N2O2. The molecule has 0 N–H and O–H groups in total. The van der Waals surface area contributed by atoms with Crippen LogP contribution in [0, 0.1) is 12.6 Å². The van der Waals surface area contributed by atoms with Crippen LogP contribution in [0.2, 0.25) is 0 Å². The average Bonchev–Trinajstić information content (AvgIpc) is 3.32. The van der Waals surface area contributed by atoms with E-state index in [2.05, 4.69) is 45.2 Å². The van der Waals surface area contributed by atoms with Gasteiger partial charge in [-0.05, 0) is 107 Å². The van der Waals surface area contributed by atoms with Gasteiger partial charge in [-0.15, -0.1) is 0 Å². The summed E-state index contributed by atoms with van der Waals surface area (Å²) >= 11 is 4.45. The summed E-state index contributed by atoms with van der Waals surface area (Å²) in [6.07, 6.45) is 1.29. The summed E-state index contributed by atoms with van der Waals surface area (Å²) in [6.45, 7) is 0. The number of carbonyl (C=O) groups excluding carboxylic acids is 2. The third-order valence-electron chi connectivity index (χ3n) is 4.30. The largest absolute Gasteiger partial charge is 0.271 e. The van der Waals surface area contributed by atoms with E-state index in [0.29, 0.717) is 12.8 Å². The van der Waals surface area contributed by atoms with Crippen molar-refractivity contribution in [3.8, 4) is 0 Å². The quantitative estimate of drug-likeness (QED) is 0.436. The van der Waals surface area contributed by atoms with Gasteiger partial charge in [0.25, 0.3) is 11.8 Å². The minimum absolute atomic E-state index is 0.109. The Kier molecular flexibility index (Phi) is 3.63.